The molecule has 100 valence electrons. The van der Waals surface area contributed by atoms with Crippen molar-refractivity contribution >= 4 is 0 Å². The van der Waals surface area contributed by atoms with Crippen LogP contribution in [0.3, 0.4) is 0 Å². The van der Waals surface area contributed by atoms with Gasteiger partial charge in [0.25, 0.3) is 0 Å². The second-order valence-corrected chi connectivity index (χ2v) is 6.12. The fourth-order valence-electron chi connectivity index (χ4n) is 3.12. The number of imidazole rings is 1. The second-order valence-electron chi connectivity index (χ2n) is 6.12. The van der Waals surface area contributed by atoms with Crippen LogP contribution < -0.4 is 5.73 Å². The van der Waals surface area contributed by atoms with E-state index in [-0.39, 0.29) is 0 Å². The molecular weight excluding hydrogens is 224 g/mol. The van der Waals surface area contributed by atoms with Crippen molar-refractivity contribution in [3.8, 4) is 0 Å². The van der Waals surface area contributed by atoms with Crippen molar-refractivity contribution in [2.45, 2.75) is 38.8 Å². The van der Waals surface area contributed by atoms with Gasteiger partial charge in [0.05, 0.1) is 18.1 Å². The predicted octanol–water partition coefficient (Wildman–Crippen LogP) is 1.81. The third-order valence-corrected chi connectivity index (χ3v) is 4.66. The van der Waals surface area contributed by atoms with Gasteiger partial charge in [0.15, 0.2) is 0 Å². The van der Waals surface area contributed by atoms with Crippen LogP contribution in [0.25, 0.3) is 0 Å². The summed E-state index contributed by atoms with van der Waals surface area (Å²) >= 11 is 0. The molecule has 0 aromatic carbocycles. The minimum atomic E-state index is 0.348. The molecule has 4 heteroatoms. The van der Waals surface area contributed by atoms with Crippen LogP contribution in [0.15, 0.2) is 12.5 Å². The summed E-state index contributed by atoms with van der Waals surface area (Å²) in [4.78, 5) is 6.89. The van der Waals surface area contributed by atoms with Crippen molar-refractivity contribution in [1.29, 1.82) is 0 Å². The summed E-state index contributed by atoms with van der Waals surface area (Å²) in [5.74, 6) is 1.55. The van der Waals surface area contributed by atoms with E-state index < -0.39 is 0 Å². The molecule has 3 unspecified atom stereocenters. The molecule has 1 aliphatic carbocycles. The van der Waals surface area contributed by atoms with Crippen molar-refractivity contribution < 1.29 is 0 Å². The van der Waals surface area contributed by atoms with E-state index in [1.807, 2.05) is 12.5 Å². The summed E-state index contributed by atoms with van der Waals surface area (Å²) in [6, 6.07) is 1.04. The van der Waals surface area contributed by atoms with Crippen LogP contribution in [0, 0.1) is 11.8 Å². The van der Waals surface area contributed by atoms with Crippen molar-refractivity contribution in [3.05, 3.63) is 18.2 Å². The maximum Gasteiger partial charge on any atom is 0.0951 e. The van der Waals surface area contributed by atoms with E-state index in [0.29, 0.717) is 18.6 Å². The van der Waals surface area contributed by atoms with Crippen LogP contribution in [0.4, 0.5) is 0 Å². The Hall–Kier alpha value is -0.870. The maximum atomic E-state index is 6.04. The van der Waals surface area contributed by atoms with E-state index in [2.05, 4.69) is 28.3 Å². The summed E-state index contributed by atoms with van der Waals surface area (Å²) in [5.41, 5.74) is 7.36. The van der Waals surface area contributed by atoms with Gasteiger partial charge >= 0.3 is 0 Å². The van der Waals surface area contributed by atoms with E-state index >= 15 is 0 Å². The van der Waals surface area contributed by atoms with E-state index in [4.69, 9.17) is 5.73 Å². The lowest BCUT2D eigenvalue weighted by atomic mass is 10.0. The van der Waals surface area contributed by atoms with E-state index in [0.717, 1.165) is 11.8 Å². The molecule has 0 amide bonds. The van der Waals surface area contributed by atoms with Crippen molar-refractivity contribution in [3.63, 3.8) is 0 Å². The smallest absolute Gasteiger partial charge is 0.0951 e. The Bertz CT molecular complexity index is 400. The van der Waals surface area contributed by atoms with Gasteiger partial charge in [-0.2, -0.15) is 0 Å². The Labute approximate surface area is 109 Å². The topological polar surface area (TPSA) is 47.1 Å². The van der Waals surface area contributed by atoms with Gasteiger partial charge in [-0.15, -0.1) is 0 Å². The molecule has 1 aromatic rings. The Kier molecular flexibility index (Phi) is 3.16. The first-order valence-electron chi connectivity index (χ1n) is 7.16. The number of hydrogen-bond acceptors (Lipinski definition) is 3. The molecule has 0 bridgehead atoms. The highest BCUT2D eigenvalue weighted by atomic mass is 15.2. The number of rotatable bonds is 4. The number of likely N-dealkylation sites (tertiary alicyclic amines) is 1. The highest BCUT2D eigenvalue weighted by Gasteiger charge is 2.34. The summed E-state index contributed by atoms with van der Waals surface area (Å²) in [5, 5.41) is 0. The normalized spacial score (nSPS) is 30.8. The molecule has 2 N–H and O–H groups in total. The molecule has 1 saturated carbocycles. The van der Waals surface area contributed by atoms with Crippen LogP contribution in [0.2, 0.25) is 0 Å². The minimum absolute atomic E-state index is 0.348. The van der Waals surface area contributed by atoms with Gasteiger partial charge < -0.3 is 10.3 Å². The van der Waals surface area contributed by atoms with Gasteiger partial charge in [0.2, 0.25) is 0 Å². The van der Waals surface area contributed by atoms with Gasteiger partial charge in [-0.1, -0.05) is 13.8 Å². The first-order chi connectivity index (χ1) is 8.70. The molecule has 2 heterocycles. The zero-order valence-corrected chi connectivity index (χ0v) is 11.4. The minimum Gasteiger partial charge on any atom is -0.330 e. The van der Waals surface area contributed by atoms with Crippen LogP contribution in [0.1, 0.15) is 44.5 Å². The van der Waals surface area contributed by atoms with Crippen LogP contribution in [-0.4, -0.2) is 34.1 Å². The highest BCUT2D eigenvalue weighted by Crippen LogP contribution is 2.38. The zero-order chi connectivity index (χ0) is 12.7. The lowest BCUT2D eigenvalue weighted by Crippen LogP contribution is -2.33. The number of hydrogen-bond donors (Lipinski definition) is 1. The molecule has 0 spiro atoms. The number of nitrogens with two attached hydrogens (primary N) is 1. The van der Waals surface area contributed by atoms with Crippen LogP contribution in [-0.2, 0) is 0 Å². The Morgan fingerprint density at radius 3 is 2.56 bits per heavy atom. The molecule has 0 radical (unpaired) electrons. The molecule has 18 heavy (non-hydrogen) atoms. The lowest BCUT2D eigenvalue weighted by Gasteiger charge is -2.27. The van der Waals surface area contributed by atoms with E-state index in [1.54, 1.807) is 0 Å². The van der Waals surface area contributed by atoms with E-state index in [9.17, 15) is 0 Å². The third kappa shape index (κ3) is 2.08. The van der Waals surface area contributed by atoms with Crippen molar-refractivity contribution in [2.75, 3.05) is 19.6 Å². The summed E-state index contributed by atoms with van der Waals surface area (Å²) in [6.07, 6.45) is 6.60. The van der Waals surface area contributed by atoms with Gasteiger partial charge in [-0.05, 0) is 24.7 Å². The Morgan fingerprint density at radius 2 is 2.00 bits per heavy atom. The molecule has 2 aliphatic rings. The average molecular weight is 248 g/mol. The molecule has 1 aromatic heterocycles. The molecule has 4 nitrogen and oxygen atoms in total. The predicted molar refractivity (Wildman–Crippen MR) is 72.2 cm³/mol. The Balaban J connectivity index is 1.81. The monoisotopic (exact) mass is 248 g/mol. The molecular formula is C14H24N4. The summed E-state index contributed by atoms with van der Waals surface area (Å²) in [7, 11) is 0. The molecule has 1 saturated heterocycles. The fraction of sp³-hybridized carbons (Fsp3) is 0.786. The van der Waals surface area contributed by atoms with Gasteiger partial charge in [-0.25, -0.2) is 4.98 Å². The Morgan fingerprint density at radius 1 is 1.33 bits per heavy atom. The van der Waals surface area contributed by atoms with Gasteiger partial charge in [0.1, 0.15) is 0 Å². The van der Waals surface area contributed by atoms with Crippen molar-refractivity contribution in [2.24, 2.45) is 17.6 Å². The quantitative estimate of drug-likeness (QED) is 0.884. The first-order valence-corrected chi connectivity index (χ1v) is 7.16. The van der Waals surface area contributed by atoms with E-state index in [1.165, 1.54) is 31.6 Å². The summed E-state index contributed by atoms with van der Waals surface area (Å²) in [6.45, 7) is 7.71. The first kappa shape index (κ1) is 12.2. The lowest BCUT2D eigenvalue weighted by molar-refractivity contribution is 0.230. The van der Waals surface area contributed by atoms with Crippen LogP contribution in [0.5, 0.6) is 0 Å². The van der Waals surface area contributed by atoms with Crippen LogP contribution >= 0.6 is 0 Å². The average Bonchev–Trinajstić information content (AvgIpc) is 3.00. The molecule has 1 aliphatic heterocycles. The SMILES string of the molecule is CC1CN(C(CN)c2cncn2C2CC2)CC1C. The molecule has 3 atom stereocenters. The third-order valence-electron chi connectivity index (χ3n) is 4.66. The summed E-state index contributed by atoms with van der Waals surface area (Å²) < 4.78 is 2.35. The number of nitrogens with zero attached hydrogens (tertiary/aromatic N) is 3. The highest BCUT2D eigenvalue weighted by molar-refractivity contribution is 5.11. The standard InChI is InChI=1S/C14H24N4/c1-10-7-17(8-11(10)2)13(5-15)14-6-16-9-18(14)12-3-4-12/h6,9-13H,3-5,7-8,15H2,1-2H3. The maximum absolute atomic E-state index is 6.04. The number of aromatic nitrogens is 2. The largest absolute Gasteiger partial charge is 0.330 e. The van der Waals surface area contributed by atoms with Gasteiger partial charge in [0, 0.05) is 31.9 Å². The molecule has 2 fully saturated rings. The van der Waals surface area contributed by atoms with Gasteiger partial charge in [-0.3, -0.25) is 4.90 Å². The van der Waals surface area contributed by atoms with Crippen molar-refractivity contribution in [1.82, 2.24) is 14.5 Å². The zero-order valence-electron chi connectivity index (χ0n) is 11.4. The fourth-order valence-corrected chi connectivity index (χ4v) is 3.12. The molecule has 3 rings (SSSR count). The second kappa shape index (κ2) is 4.67.